The van der Waals surface area contributed by atoms with Crippen molar-refractivity contribution in [1.82, 2.24) is 4.98 Å². The summed E-state index contributed by atoms with van der Waals surface area (Å²) in [5, 5.41) is 17.3. The summed E-state index contributed by atoms with van der Waals surface area (Å²) in [7, 11) is 0. The molecule has 1 aliphatic carbocycles. The van der Waals surface area contributed by atoms with Gasteiger partial charge in [0.2, 0.25) is 0 Å². The fourth-order valence-corrected chi connectivity index (χ4v) is 4.62. The first-order chi connectivity index (χ1) is 16.6. The Morgan fingerprint density at radius 2 is 1.35 bits per heavy atom. The highest BCUT2D eigenvalue weighted by Crippen LogP contribution is 2.26. The van der Waals surface area contributed by atoms with Crippen LogP contribution in [0.3, 0.4) is 0 Å². The summed E-state index contributed by atoms with van der Waals surface area (Å²) in [6.07, 6.45) is 0. The molecule has 0 unspecified atom stereocenters. The monoisotopic (exact) mass is 442 g/mol. The molecule has 6 rings (SSSR count). The van der Waals surface area contributed by atoms with E-state index in [1.165, 1.54) is 0 Å². The SMILES string of the molecule is O=c1nc2ccc(Nc3ccccc3)c3c2=c(c1=C(O)c1ccccc1)c1ccccc1c3=O. The molecule has 0 bridgehead atoms. The molecule has 162 valence electrons. The van der Waals surface area contributed by atoms with Crippen LogP contribution in [0.5, 0.6) is 0 Å². The lowest BCUT2D eigenvalue weighted by molar-refractivity contribution is 0.506. The first-order valence-electron chi connectivity index (χ1n) is 10.9. The Morgan fingerprint density at radius 1 is 0.706 bits per heavy atom. The second kappa shape index (κ2) is 7.67. The Labute approximate surface area is 193 Å². The van der Waals surface area contributed by atoms with E-state index in [4.69, 9.17) is 0 Å². The number of aliphatic hydroxyl groups is 1. The largest absolute Gasteiger partial charge is 0.506 e. The Kier molecular flexibility index (Phi) is 4.49. The van der Waals surface area contributed by atoms with E-state index >= 15 is 0 Å². The van der Waals surface area contributed by atoms with Crippen molar-refractivity contribution in [3.63, 3.8) is 0 Å². The average Bonchev–Trinajstić information content (AvgIpc) is 2.88. The van der Waals surface area contributed by atoms with Crippen molar-refractivity contribution >= 4 is 38.8 Å². The van der Waals surface area contributed by atoms with Crippen LogP contribution >= 0.6 is 0 Å². The first kappa shape index (κ1) is 19.9. The zero-order chi connectivity index (χ0) is 23.2. The molecular weight excluding hydrogens is 424 g/mol. The Morgan fingerprint density at radius 3 is 2.09 bits per heavy atom. The number of fused-ring (bicyclic) bond motifs is 2. The minimum atomic E-state index is -0.539. The normalized spacial score (nSPS) is 12.4. The Balaban J connectivity index is 1.90. The molecule has 0 radical (unpaired) electrons. The maximum atomic E-state index is 13.7. The van der Waals surface area contributed by atoms with Gasteiger partial charge in [0.1, 0.15) is 5.76 Å². The number of nitrogens with one attached hydrogen (secondary N) is 1. The van der Waals surface area contributed by atoms with Gasteiger partial charge in [0.15, 0.2) is 5.43 Å². The zero-order valence-electron chi connectivity index (χ0n) is 17.9. The highest BCUT2D eigenvalue weighted by atomic mass is 16.3. The molecular formula is C29H18N2O3. The fraction of sp³-hybridized carbons (Fsp3) is 0. The molecule has 1 aliphatic heterocycles. The maximum Gasteiger partial charge on any atom is 0.281 e. The van der Waals surface area contributed by atoms with E-state index < -0.39 is 5.56 Å². The highest BCUT2D eigenvalue weighted by molar-refractivity contribution is 5.96. The van der Waals surface area contributed by atoms with Crippen molar-refractivity contribution in [2.45, 2.75) is 0 Å². The van der Waals surface area contributed by atoms with E-state index in [-0.39, 0.29) is 16.4 Å². The molecule has 0 spiro atoms. The minimum absolute atomic E-state index is 0.0942. The van der Waals surface area contributed by atoms with Crippen LogP contribution < -0.4 is 21.5 Å². The Bertz CT molecular complexity index is 1920. The van der Waals surface area contributed by atoms with E-state index in [2.05, 4.69) is 10.3 Å². The predicted octanol–water partition coefficient (Wildman–Crippen LogP) is 4.45. The fourth-order valence-electron chi connectivity index (χ4n) is 4.62. The van der Waals surface area contributed by atoms with Gasteiger partial charge in [-0.1, -0.05) is 72.8 Å². The average molecular weight is 442 g/mol. The topological polar surface area (TPSA) is 79.3 Å². The predicted molar refractivity (Wildman–Crippen MR) is 135 cm³/mol. The third kappa shape index (κ3) is 2.98. The quantitative estimate of drug-likeness (QED) is 0.423. The van der Waals surface area contributed by atoms with Gasteiger partial charge in [-0.05, 0) is 29.7 Å². The van der Waals surface area contributed by atoms with Crippen molar-refractivity contribution in [2.24, 2.45) is 0 Å². The van der Waals surface area contributed by atoms with E-state index in [1.807, 2.05) is 48.5 Å². The van der Waals surface area contributed by atoms with Crippen LogP contribution in [-0.4, -0.2) is 10.1 Å². The lowest BCUT2D eigenvalue weighted by Gasteiger charge is -2.13. The molecule has 0 amide bonds. The molecule has 0 atom stereocenters. The van der Waals surface area contributed by atoms with Gasteiger partial charge >= 0.3 is 0 Å². The van der Waals surface area contributed by atoms with E-state index in [0.717, 1.165) is 5.69 Å². The summed E-state index contributed by atoms with van der Waals surface area (Å²) in [6.45, 7) is 0. The lowest BCUT2D eigenvalue weighted by atomic mass is 9.96. The smallest absolute Gasteiger partial charge is 0.281 e. The number of para-hydroxylation sites is 1. The zero-order valence-corrected chi connectivity index (χ0v) is 17.9. The van der Waals surface area contributed by atoms with Crippen LogP contribution in [0.4, 0.5) is 11.4 Å². The summed E-state index contributed by atoms with van der Waals surface area (Å²) in [4.78, 5) is 31.2. The summed E-state index contributed by atoms with van der Waals surface area (Å²) >= 11 is 0. The van der Waals surface area contributed by atoms with E-state index in [1.54, 1.807) is 48.5 Å². The second-order valence-corrected chi connectivity index (χ2v) is 8.13. The molecule has 0 saturated heterocycles. The van der Waals surface area contributed by atoms with Gasteiger partial charge < -0.3 is 10.4 Å². The summed E-state index contributed by atoms with van der Waals surface area (Å²) < 4.78 is 0. The van der Waals surface area contributed by atoms with Crippen molar-refractivity contribution in [3.05, 3.63) is 139 Å². The van der Waals surface area contributed by atoms with Gasteiger partial charge in [0.05, 0.1) is 21.8 Å². The van der Waals surface area contributed by atoms with Crippen molar-refractivity contribution in [1.29, 1.82) is 0 Å². The third-order valence-corrected chi connectivity index (χ3v) is 6.12. The van der Waals surface area contributed by atoms with Gasteiger partial charge in [0, 0.05) is 27.1 Å². The van der Waals surface area contributed by atoms with Crippen molar-refractivity contribution in [3.8, 4) is 0 Å². The molecule has 34 heavy (non-hydrogen) atoms. The van der Waals surface area contributed by atoms with Crippen LogP contribution in [0.25, 0.3) is 27.4 Å². The molecule has 0 fully saturated rings. The standard InChI is InChI=1S/C29H18N2O3/c32-27(17-9-3-1-4-10-17)26-23-19-13-7-8-14-20(19)28(33)25-22(30-18-11-5-2-6-12-18)16-15-21(24(23)25)31-29(26)34/h1-16,30,32H. The van der Waals surface area contributed by atoms with Crippen LogP contribution in [-0.2, 0) is 0 Å². The van der Waals surface area contributed by atoms with Gasteiger partial charge in [-0.15, -0.1) is 0 Å². The molecule has 0 aromatic heterocycles. The highest BCUT2D eigenvalue weighted by Gasteiger charge is 2.18. The van der Waals surface area contributed by atoms with Crippen molar-refractivity contribution in [2.75, 3.05) is 5.32 Å². The molecule has 0 saturated carbocycles. The van der Waals surface area contributed by atoms with Crippen LogP contribution in [0.1, 0.15) is 5.56 Å². The molecule has 5 heteroatoms. The Hall–Kier alpha value is -4.77. The molecule has 2 N–H and O–H groups in total. The van der Waals surface area contributed by atoms with Gasteiger partial charge in [0.25, 0.3) is 5.56 Å². The molecule has 1 heterocycles. The summed E-state index contributed by atoms with van der Waals surface area (Å²) in [5.74, 6) is -0.161. The molecule has 2 aliphatic rings. The van der Waals surface area contributed by atoms with Crippen LogP contribution in [0.15, 0.2) is 107 Å². The van der Waals surface area contributed by atoms with Gasteiger partial charge in [-0.2, -0.15) is 0 Å². The maximum absolute atomic E-state index is 13.7. The number of aromatic nitrogens is 1. The lowest BCUT2D eigenvalue weighted by Crippen LogP contribution is -2.33. The summed E-state index contributed by atoms with van der Waals surface area (Å²) in [5.41, 5.74) is 1.68. The van der Waals surface area contributed by atoms with Crippen molar-refractivity contribution < 1.29 is 5.11 Å². The van der Waals surface area contributed by atoms with E-state index in [0.29, 0.717) is 43.4 Å². The van der Waals surface area contributed by atoms with Gasteiger partial charge in [-0.3, -0.25) is 9.59 Å². The first-order valence-corrected chi connectivity index (χ1v) is 10.9. The van der Waals surface area contributed by atoms with Gasteiger partial charge in [-0.25, -0.2) is 4.98 Å². The third-order valence-electron chi connectivity index (χ3n) is 6.12. The molecule has 4 aromatic rings. The number of hydrogen-bond donors (Lipinski definition) is 2. The number of nitrogens with zero attached hydrogens (tertiary/aromatic N) is 1. The second-order valence-electron chi connectivity index (χ2n) is 8.13. The number of benzene rings is 4. The number of aliphatic hydroxyl groups excluding tert-OH is 1. The molecule has 5 nitrogen and oxygen atoms in total. The number of rotatable bonds is 3. The van der Waals surface area contributed by atoms with Crippen LogP contribution in [0.2, 0.25) is 0 Å². The van der Waals surface area contributed by atoms with Crippen LogP contribution in [0, 0.1) is 10.4 Å². The number of anilines is 2. The minimum Gasteiger partial charge on any atom is -0.506 e. The molecule has 4 aromatic carbocycles. The summed E-state index contributed by atoms with van der Waals surface area (Å²) in [6, 6.07) is 29.2. The van der Waals surface area contributed by atoms with E-state index in [9.17, 15) is 14.7 Å². The number of hydrogen-bond acceptors (Lipinski definition) is 5.